The SMILES string of the molecule is CN(CC1CCCC1)c1sc(C(N)=O)c(N)c1C(N)=O. The summed E-state index contributed by atoms with van der Waals surface area (Å²) < 4.78 is 0. The minimum absolute atomic E-state index is 0.100. The number of amides is 2. The van der Waals surface area contributed by atoms with Crippen LogP contribution in [0.25, 0.3) is 0 Å². The maximum atomic E-state index is 11.6. The van der Waals surface area contributed by atoms with Crippen molar-refractivity contribution in [2.75, 3.05) is 24.2 Å². The van der Waals surface area contributed by atoms with Gasteiger partial charge in [-0.25, -0.2) is 0 Å². The van der Waals surface area contributed by atoms with Crippen molar-refractivity contribution in [3.8, 4) is 0 Å². The van der Waals surface area contributed by atoms with Crippen LogP contribution < -0.4 is 22.1 Å². The van der Waals surface area contributed by atoms with Crippen LogP contribution in [0.5, 0.6) is 0 Å². The molecule has 1 fully saturated rings. The third kappa shape index (κ3) is 2.72. The number of rotatable bonds is 5. The van der Waals surface area contributed by atoms with E-state index in [1.807, 2.05) is 11.9 Å². The Morgan fingerprint density at radius 3 is 2.35 bits per heavy atom. The summed E-state index contributed by atoms with van der Waals surface area (Å²) in [5.41, 5.74) is 16.8. The first kappa shape index (κ1) is 14.6. The van der Waals surface area contributed by atoms with Crippen molar-refractivity contribution in [1.82, 2.24) is 0 Å². The van der Waals surface area contributed by atoms with Gasteiger partial charge < -0.3 is 22.1 Å². The quantitative estimate of drug-likeness (QED) is 0.756. The average Bonchev–Trinajstić information content (AvgIpc) is 2.95. The van der Waals surface area contributed by atoms with Crippen molar-refractivity contribution in [2.24, 2.45) is 17.4 Å². The zero-order valence-electron chi connectivity index (χ0n) is 11.5. The van der Waals surface area contributed by atoms with Crippen LogP contribution in [0.2, 0.25) is 0 Å². The van der Waals surface area contributed by atoms with E-state index >= 15 is 0 Å². The van der Waals surface area contributed by atoms with Gasteiger partial charge in [-0.1, -0.05) is 12.8 Å². The van der Waals surface area contributed by atoms with Crippen LogP contribution in [-0.4, -0.2) is 25.4 Å². The van der Waals surface area contributed by atoms with Crippen LogP contribution in [0.1, 0.15) is 45.7 Å². The molecule has 20 heavy (non-hydrogen) atoms. The number of carbonyl (C=O) groups excluding carboxylic acids is 2. The molecule has 0 atom stereocenters. The van der Waals surface area contributed by atoms with Crippen LogP contribution in [0, 0.1) is 5.92 Å². The summed E-state index contributed by atoms with van der Waals surface area (Å²) in [6.07, 6.45) is 4.89. The predicted octanol–water partition coefficient (Wildman–Crippen LogP) is 1.15. The van der Waals surface area contributed by atoms with E-state index in [0.717, 1.165) is 17.9 Å². The summed E-state index contributed by atoms with van der Waals surface area (Å²) in [5, 5.41) is 0.635. The lowest BCUT2D eigenvalue weighted by Gasteiger charge is -2.22. The minimum Gasteiger partial charge on any atom is -0.397 e. The number of hydrogen-bond donors (Lipinski definition) is 3. The first-order valence-electron chi connectivity index (χ1n) is 6.64. The van der Waals surface area contributed by atoms with Gasteiger partial charge in [0, 0.05) is 13.6 Å². The molecule has 0 bridgehead atoms. The zero-order chi connectivity index (χ0) is 14.9. The molecule has 6 N–H and O–H groups in total. The maximum absolute atomic E-state index is 11.6. The lowest BCUT2D eigenvalue weighted by molar-refractivity contribution is 0.0999. The van der Waals surface area contributed by atoms with Crippen molar-refractivity contribution in [2.45, 2.75) is 25.7 Å². The standard InChI is InChI=1S/C13H20N4O2S/c1-17(6-7-4-2-3-5-7)13-8(11(15)18)9(14)10(20-13)12(16)19/h7H,2-6,14H2,1H3,(H2,15,18)(H2,16,19). The van der Waals surface area contributed by atoms with Gasteiger partial charge in [-0.15, -0.1) is 11.3 Å². The van der Waals surface area contributed by atoms with E-state index in [0.29, 0.717) is 10.9 Å². The number of nitrogens with two attached hydrogens (primary N) is 3. The molecule has 1 aromatic rings. The Morgan fingerprint density at radius 2 is 1.85 bits per heavy atom. The van der Waals surface area contributed by atoms with Crippen LogP contribution in [0.15, 0.2) is 0 Å². The van der Waals surface area contributed by atoms with Crippen LogP contribution in [0.3, 0.4) is 0 Å². The lowest BCUT2D eigenvalue weighted by Crippen LogP contribution is -2.26. The molecule has 110 valence electrons. The van der Waals surface area contributed by atoms with E-state index in [2.05, 4.69) is 0 Å². The van der Waals surface area contributed by atoms with Gasteiger partial charge in [0.15, 0.2) is 0 Å². The molecule has 7 heteroatoms. The average molecular weight is 296 g/mol. The van der Waals surface area contributed by atoms with E-state index in [-0.39, 0.29) is 16.1 Å². The molecule has 0 aliphatic heterocycles. The summed E-state index contributed by atoms with van der Waals surface area (Å²) in [4.78, 5) is 25.1. The molecule has 1 aliphatic rings. The fourth-order valence-electron chi connectivity index (χ4n) is 2.78. The summed E-state index contributed by atoms with van der Waals surface area (Å²) in [7, 11) is 1.89. The van der Waals surface area contributed by atoms with Crippen LogP contribution in [-0.2, 0) is 0 Å². The molecule has 0 spiro atoms. The highest BCUT2D eigenvalue weighted by Gasteiger charge is 2.26. The lowest BCUT2D eigenvalue weighted by atomic mass is 10.1. The topological polar surface area (TPSA) is 115 Å². The molecule has 1 heterocycles. The molecular weight excluding hydrogens is 276 g/mol. The third-order valence-electron chi connectivity index (χ3n) is 3.75. The van der Waals surface area contributed by atoms with Crippen molar-refractivity contribution in [3.05, 3.63) is 10.4 Å². The van der Waals surface area contributed by atoms with E-state index in [4.69, 9.17) is 17.2 Å². The van der Waals surface area contributed by atoms with Crippen molar-refractivity contribution >= 4 is 33.8 Å². The number of thiophene rings is 1. The van der Waals surface area contributed by atoms with Crippen molar-refractivity contribution in [1.29, 1.82) is 0 Å². The second-order valence-corrected chi connectivity index (χ2v) is 6.28. The number of carbonyl (C=O) groups is 2. The Bertz CT molecular complexity index is 535. The number of primary amides is 2. The second kappa shape index (κ2) is 5.70. The Hall–Kier alpha value is -1.76. The largest absolute Gasteiger partial charge is 0.397 e. The Kier molecular flexibility index (Phi) is 4.17. The molecule has 1 saturated carbocycles. The maximum Gasteiger partial charge on any atom is 0.260 e. The molecule has 0 unspecified atom stereocenters. The summed E-state index contributed by atoms with van der Waals surface area (Å²) in [5.74, 6) is -0.642. The second-order valence-electron chi connectivity index (χ2n) is 5.28. The molecule has 2 rings (SSSR count). The van der Waals surface area contributed by atoms with E-state index < -0.39 is 11.8 Å². The number of hydrogen-bond acceptors (Lipinski definition) is 5. The Morgan fingerprint density at radius 1 is 1.25 bits per heavy atom. The van der Waals surface area contributed by atoms with Gasteiger partial charge in [0.05, 0.1) is 11.3 Å². The Balaban J connectivity index is 2.31. The highest BCUT2D eigenvalue weighted by Crippen LogP contribution is 2.38. The van der Waals surface area contributed by atoms with Crippen molar-refractivity contribution in [3.63, 3.8) is 0 Å². The van der Waals surface area contributed by atoms with Crippen LogP contribution in [0.4, 0.5) is 10.7 Å². The molecule has 6 nitrogen and oxygen atoms in total. The van der Waals surface area contributed by atoms with Gasteiger partial charge >= 0.3 is 0 Å². The molecule has 0 saturated heterocycles. The fraction of sp³-hybridized carbons (Fsp3) is 0.538. The molecular formula is C13H20N4O2S. The number of nitrogen functional groups attached to an aromatic ring is 1. The number of anilines is 2. The summed E-state index contributed by atoms with van der Waals surface area (Å²) in [6.45, 7) is 0.832. The molecule has 0 radical (unpaired) electrons. The van der Waals surface area contributed by atoms with E-state index in [1.54, 1.807) is 0 Å². The molecule has 1 aromatic heterocycles. The van der Waals surface area contributed by atoms with Crippen molar-refractivity contribution < 1.29 is 9.59 Å². The summed E-state index contributed by atoms with van der Waals surface area (Å²) in [6, 6.07) is 0. The monoisotopic (exact) mass is 296 g/mol. The first-order valence-corrected chi connectivity index (χ1v) is 7.46. The smallest absolute Gasteiger partial charge is 0.260 e. The summed E-state index contributed by atoms with van der Waals surface area (Å²) >= 11 is 1.14. The van der Waals surface area contributed by atoms with Gasteiger partial charge in [0.1, 0.15) is 9.88 Å². The van der Waals surface area contributed by atoms with Gasteiger partial charge in [-0.3, -0.25) is 9.59 Å². The van der Waals surface area contributed by atoms with E-state index in [1.165, 1.54) is 25.7 Å². The van der Waals surface area contributed by atoms with Gasteiger partial charge in [0.2, 0.25) is 0 Å². The fourth-order valence-corrected chi connectivity index (χ4v) is 3.83. The zero-order valence-corrected chi connectivity index (χ0v) is 12.3. The molecule has 2 amide bonds. The highest BCUT2D eigenvalue weighted by molar-refractivity contribution is 7.19. The molecule has 1 aliphatic carbocycles. The number of nitrogens with zero attached hydrogens (tertiary/aromatic N) is 1. The minimum atomic E-state index is -0.629. The predicted molar refractivity (Wildman–Crippen MR) is 81.0 cm³/mol. The Labute approximate surface area is 121 Å². The third-order valence-corrected chi connectivity index (χ3v) is 5.08. The van der Waals surface area contributed by atoms with Gasteiger partial charge in [0.25, 0.3) is 11.8 Å². The highest BCUT2D eigenvalue weighted by atomic mass is 32.1. The van der Waals surface area contributed by atoms with Crippen LogP contribution >= 0.6 is 11.3 Å². The molecule has 0 aromatic carbocycles. The van der Waals surface area contributed by atoms with Gasteiger partial charge in [-0.2, -0.15) is 0 Å². The van der Waals surface area contributed by atoms with E-state index in [9.17, 15) is 9.59 Å². The van der Waals surface area contributed by atoms with Gasteiger partial charge in [-0.05, 0) is 18.8 Å². The normalized spacial score (nSPS) is 15.4. The first-order chi connectivity index (χ1) is 9.41.